The summed E-state index contributed by atoms with van der Waals surface area (Å²) in [6.45, 7) is 4.25. The minimum atomic E-state index is -2.58. The van der Waals surface area contributed by atoms with E-state index in [4.69, 9.17) is 27.7 Å². The maximum Gasteiger partial charge on any atom is 0.247 e. The van der Waals surface area contributed by atoms with Crippen molar-refractivity contribution in [2.24, 2.45) is 0 Å². The lowest BCUT2D eigenvalue weighted by Gasteiger charge is -2.17. The number of rotatable bonds is 10. The third-order valence-corrected chi connectivity index (χ3v) is 5.20. The molecule has 5 heteroatoms. The third-order valence-electron chi connectivity index (χ3n) is 2.54. The van der Waals surface area contributed by atoms with Crippen molar-refractivity contribution in [2.45, 2.75) is 52.4 Å². The predicted octanol–water partition coefficient (Wildman–Crippen LogP) is 5.94. The molecule has 0 aromatic rings. The van der Waals surface area contributed by atoms with Gasteiger partial charge in [0, 0.05) is 12.3 Å². The standard InChI is InChI=1S/C12H23Cl2O2P/c1-3-5-7-9-17(15,10-8-6-4-2)16-11-12(13)14/h11H,3-10H2,1-2H3. The van der Waals surface area contributed by atoms with Crippen molar-refractivity contribution in [1.82, 2.24) is 0 Å². The molecule has 0 heterocycles. The summed E-state index contributed by atoms with van der Waals surface area (Å²) in [5, 5.41) is 0. The fourth-order valence-electron chi connectivity index (χ4n) is 1.56. The Bertz CT molecular complexity index is 249. The van der Waals surface area contributed by atoms with E-state index in [1.165, 1.54) is 6.26 Å². The average Bonchev–Trinajstić information content (AvgIpc) is 2.27. The predicted molar refractivity (Wildman–Crippen MR) is 77.3 cm³/mol. The maximum atomic E-state index is 12.5. The van der Waals surface area contributed by atoms with Crippen LogP contribution in [0.2, 0.25) is 0 Å². The Morgan fingerprint density at radius 2 is 1.53 bits per heavy atom. The van der Waals surface area contributed by atoms with Crippen LogP contribution in [0.1, 0.15) is 52.4 Å². The largest absolute Gasteiger partial charge is 0.448 e. The third kappa shape index (κ3) is 10.00. The van der Waals surface area contributed by atoms with Crippen LogP contribution in [-0.2, 0) is 9.09 Å². The molecule has 0 radical (unpaired) electrons. The Balaban J connectivity index is 4.24. The molecule has 0 aromatic carbocycles. The van der Waals surface area contributed by atoms with E-state index in [-0.39, 0.29) is 4.49 Å². The van der Waals surface area contributed by atoms with Gasteiger partial charge in [0.2, 0.25) is 7.37 Å². The van der Waals surface area contributed by atoms with Crippen LogP contribution in [-0.4, -0.2) is 12.3 Å². The summed E-state index contributed by atoms with van der Waals surface area (Å²) in [6, 6.07) is 0. The molecule has 0 bridgehead atoms. The number of halogens is 2. The van der Waals surface area contributed by atoms with Gasteiger partial charge in [-0.05, 0) is 12.8 Å². The van der Waals surface area contributed by atoms with Gasteiger partial charge in [0.15, 0.2) is 0 Å². The first-order chi connectivity index (χ1) is 8.04. The number of hydrogen-bond acceptors (Lipinski definition) is 2. The summed E-state index contributed by atoms with van der Waals surface area (Å²) >= 11 is 11.0. The van der Waals surface area contributed by atoms with Crippen molar-refractivity contribution in [3.8, 4) is 0 Å². The van der Waals surface area contributed by atoms with Gasteiger partial charge in [0.05, 0.1) is 0 Å². The van der Waals surface area contributed by atoms with E-state index in [9.17, 15) is 4.57 Å². The molecular formula is C12H23Cl2O2P. The highest BCUT2D eigenvalue weighted by atomic mass is 35.5. The highest BCUT2D eigenvalue weighted by Crippen LogP contribution is 2.49. The van der Waals surface area contributed by atoms with Crippen molar-refractivity contribution >= 4 is 30.6 Å². The molecule has 0 fully saturated rings. The molecule has 0 amide bonds. The SMILES string of the molecule is CCCCCP(=O)(CCCCC)OC=C(Cl)Cl. The summed E-state index contributed by atoms with van der Waals surface area (Å²) in [5.41, 5.74) is 0. The molecule has 17 heavy (non-hydrogen) atoms. The van der Waals surface area contributed by atoms with Gasteiger partial charge in [-0.1, -0.05) is 62.7 Å². The zero-order valence-corrected chi connectivity index (χ0v) is 13.2. The minimum Gasteiger partial charge on any atom is -0.448 e. The van der Waals surface area contributed by atoms with Crippen LogP contribution >= 0.6 is 30.6 Å². The molecule has 0 aliphatic rings. The first-order valence-electron chi connectivity index (χ1n) is 6.31. The molecule has 0 spiro atoms. The van der Waals surface area contributed by atoms with E-state index in [0.29, 0.717) is 12.3 Å². The molecule has 0 rings (SSSR count). The molecule has 0 N–H and O–H groups in total. The zero-order chi connectivity index (χ0) is 13.1. The fourth-order valence-corrected chi connectivity index (χ4v) is 3.91. The molecule has 0 unspecified atom stereocenters. The topological polar surface area (TPSA) is 26.3 Å². The molecule has 0 saturated carbocycles. The Morgan fingerprint density at radius 1 is 1.06 bits per heavy atom. The fraction of sp³-hybridized carbons (Fsp3) is 0.833. The Kier molecular flexibility index (Phi) is 10.5. The monoisotopic (exact) mass is 300 g/mol. The lowest BCUT2D eigenvalue weighted by Crippen LogP contribution is -1.98. The van der Waals surface area contributed by atoms with E-state index < -0.39 is 7.37 Å². The van der Waals surface area contributed by atoms with Crippen molar-refractivity contribution in [1.29, 1.82) is 0 Å². The molecule has 0 aromatic heterocycles. The maximum absolute atomic E-state index is 12.5. The van der Waals surface area contributed by atoms with Crippen LogP contribution in [0.4, 0.5) is 0 Å². The Morgan fingerprint density at radius 3 is 1.88 bits per heavy atom. The summed E-state index contributed by atoms with van der Waals surface area (Å²) in [4.78, 5) is 0. The van der Waals surface area contributed by atoms with Crippen molar-refractivity contribution in [2.75, 3.05) is 12.3 Å². The minimum absolute atomic E-state index is 0.0243. The Labute approximate surface area is 115 Å². The van der Waals surface area contributed by atoms with Crippen LogP contribution in [0.15, 0.2) is 10.8 Å². The smallest absolute Gasteiger partial charge is 0.247 e. The summed E-state index contributed by atoms with van der Waals surface area (Å²) in [5.74, 6) is 0. The van der Waals surface area contributed by atoms with Crippen LogP contribution in [0.3, 0.4) is 0 Å². The molecule has 0 aliphatic carbocycles. The second kappa shape index (κ2) is 10.3. The van der Waals surface area contributed by atoms with Crippen molar-refractivity contribution < 1.29 is 9.09 Å². The van der Waals surface area contributed by atoms with E-state index >= 15 is 0 Å². The van der Waals surface area contributed by atoms with Crippen molar-refractivity contribution in [3.63, 3.8) is 0 Å². The normalized spacial score (nSPS) is 11.3. The Hall–Kier alpha value is 0.350. The second-order valence-corrected chi connectivity index (χ2v) is 7.93. The zero-order valence-electron chi connectivity index (χ0n) is 10.8. The van der Waals surface area contributed by atoms with Gasteiger partial charge < -0.3 is 4.52 Å². The molecule has 2 nitrogen and oxygen atoms in total. The first-order valence-corrected chi connectivity index (χ1v) is 9.07. The summed E-state index contributed by atoms with van der Waals surface area (Å²) in [7, 11) is -2.58. The lowest BCUT2D eigenvalue weighted by atomic mass is 10.3. The first kappa shape index (κ1) is 17.4. The van der Waals surface area contributed by atoms with Crippen LogP contribution in [0.25, 0.3) is 0 Å². The van der Waals surface area contributed by atoms with Gasteiger partial charge in [-0.15, -0.1) is 0 Å². The van der Waals surface area contributed by atoms with Gasteiger partial charge in [-0.2, -0.15) is 0 Å². The van der Waals surface area contributed by atoms with E-state index in [1.807, 2.05) is 0 Å². The van der Waals surface area contributed by atoms with Gasteiger partial charge in [0.1, 0.15) is 10.8 Å². The van der Waals surface area contributed by atoms with Gasteiger partial charge in [-0.3, -0.25) is 4.57 Å². The second-order valence-electron chi connectivity index (χ2n) is 4.19. The highest BCUT2D eigenvalue weighted by Gasteiger charge is 2.21. The molecule has 0 saturated heterocycles. The van der Waals surface area contributed by atoms with Crippen LogP contribution in [0.5, 0.6) is 0 Å². The number of hydrogen-bond donors (Lipinski definition) is 0. The average molecular weight is 301 g/mol. The van der Waals surface area contributed by atoms with Crippen LogP contribution < -0.4 is 0 Å². The summed E-state index contributed by atoms with van der Waals surface area (Å²) < 4.78 is 17.8. The van der Waals surface area contributed by atoms with Crippen LogP contribution in [0, 0.1) is 0 Å². The molecule has 0 atom stereocenters. The molecular weight excluding hydrogens is 278 g/mol. The highest BCUT2D eigenvalue weighted by molar-refractivity contribution is 7.59. The van der Waals surface area contributed by atoms with E-state index in [1.54, 1.807) is 0 Å². The van der Waals surface area contributed by atoms with Gasteiger partial charge >= 0.3 is 0 Å². The number of unbranched alkanes of at least 4 members (excludes halogenated alkanes) is 4. The summed E-state index contributed by atoms with van der Waals surface area (Å²) in [6.07, 6.45) is 8.73. The van der Waals surface area contributed by atoms with Gasteiger partial charge in [0.25, 0.3) is 0 Å². The molecule has 0 aliphatic heterocycles. The lowest BCUT2D eigenvalue weighted by molar-refractivity contribution is 0.434. The van der Waals surface area contributed by atoms with Crippen molar-refractivity contribution in [3.05, 3.63) is 10.8 Å². The van der Waals surface area contributed by atoms with E-state index in [0.717, 1.165) is 38.5 Å². The molecule has 102 valence electrons. The quantitative estimate of drug-likeness (QED) is 0.283. The van der Waals surface area contributed by atoms with E-state index in [2.05, 4.69) is 13.8 Å². The van der Waals surface area contributed by atoms with Gasteiger partial charge in [-0.25, -0.2) is 0 Å².